The predicted octanol–water partition coefficient (Wildman–Crippen LogP) is 9.29. The molecule has 0 aliphatic carbocycles. The Labute approximate surface area is 294 Å². The first kappa shape index (κ1) is 45.9. The van der Waals surface area contributed by atoms with E-state index in [1.165, 1.54) is 32.1 Å². The first-order valence-corrected chi connectivity index (χ1v) is 19.8. The average molecular weight is 694 g/mol. The highest BCUT2D eigenvalue weighted by Gasteiger charge is 2.27. The number of aliphatic hydroxyl groups is 1. The maximum absolute atomic E-state index is 12.7. The van der Waals surface area contributed by atoms with Crippen LogP contribution in [0.2, 0.25) is 0 Å². The molecule has 3 N–H and O–H groups in total. The fraction of sp³-hybridized carbons (Fsp3) is 0.667. The van der Waals surface area contributed by atoms with Crippen molar-refractivity contribution in [1.29, 1.82) is 0 Å². The van der Waals surface area contributed by atoms with E-state index in [0.29, 0.717) is 23.9 Å². The Morgan fingerprint density at radius 2 is 1.27 bits per heavy atom. The van der Waals surface area contributed by atoms with Gasteiger partial charge in [-0.05, 0) is 70.6 Å². The highest BCUT2D eigenvalue weighted by atomic mass is 31.2. The van der Waals surface area contributed by atoms with Crippen LogP contribution >= 0.6 is 7.82 Å². The lowest BCUT2D eigenvalue weighted by Crippen LogP contribution is -2.45. The van der Waals surface area contributed by atoms with Gasteiger partial charge in [-0.3, -0.25) is 13.8 Å². The Hall–Kier alpha value is -2.06. The molecular weight excluding hydrogens is 623 g/mol. The van der Waals surface area contributed by atoms with Crippen molar-refractivity contribution >= 4 is 13.7 Å². The Morgan fingerprint density at radius 1 is 0.729 bits per heavy atom. The van der Waals surface area contributed by atoms with Crippen molar-refractivity contribution in [1.82, 2.24) is 5.32 Å². The number of hydrogen-bond acceptors (Lipinski definition) is 5. The van der Waals surface area contributed by atoms with Crippen molar-refractivity contribution in [3.05, 3.63) is 72.9 Å². The minimum absolute atomic E-state index is 0.0439. The van der Waals surface area contributed by atoms with E-state index in [-0.39, 0.29) is 19.1 Å². The molecular formula is C39H70N2O6P+. The number of nitrogens with one attached hydrogen (secondary N) is 1. The number of likely N-dealkylation sites (N-methyl/N-ethyl adjacent to an activating group) is 1. The molecule has 0 aliphatic rings. The molecule has 0 saturated heterocycles. The number of carbonyl (C=O) groups is 1. The molecule has 0 aliphatic heterocycles. The number of aliphatic hydroxyl groups excluding tert-OH is 1. The van der Waals surface area contributed by atoms with Gasteiger partial charge in [-0.1, -0.05) is 112 Å². The van der Waals surface area contributed by atoms with Crippen LogP contribution in [0.5, 0.6) is 0 Å². The van der Waals surface area contributed by atoms with Gasteiger partial charge in [-0.15, -0.1) is 0 Å². The summed E-state index contributed by atoms with van der Waals surface area (Å²) >= 11 is 0. The van der Waals surface area contributed by atoms with E-state index >= 15 is 0 Å². The minimum Gasteiger partial charge on any atom is -0.387 e. The molecule has 276 valence electrons. The topological polar surface area (TPSA) is 105 Å². The van der Waals surface area contributed by atoms with Crippen molar-refractivity contribution < 1.29 is 32.9 Å². The number of allylic oxidation sites excluding steroid dienone is 11. The Kier molecular flexibility index (Phi) is 29.6. The monoisotopic (exact) mass is 693 g/mol. The number of hydrogen-bond donors (Lipinski definition) is 3. The van der Waals surface area contributed by atoms with Crippen LogP contribution in [-0.2, 0) is 18.4 Å². The van der Waals surface area contributed by atoms with Crippen molar-refractivity contribution in [2.24, 2.45) is 0 Å². The molecule has 0 rings (SSSR count). The lowest BCUT2D eigenvalue weighted by Gasteiger charge is -2.25. The number of quaternary nitrogens is 1. The molecule has 8 nitrogen and oxygen atoms in total. The van der Waals surface area contributed by atoms with Gasteiger partial charge in [0.25, 0.3) is 0 Å². The second-order valence-electron chi connectivity index (χ2n) is 13.2. The second-order valence-corrected chi connectivity index (χ2v) is 14.7. The van der Waals surface area contributed by atoms with E-state index in [9.17, 15) is 19.4 Å². The molecule has 0 heterocycles. The molecule has 3 unspecified atom stereocenters. The molecule has 0 spiro atoms. The number of phosphoric acid groups is 1. The summed E-state index contributed by atoms with van der Waals surface area (Å²) in [5.74, 6) is -0.234. The fourth-order valence-electron chi connectivity index (χ4n) is 4.46. The first-order chi connectivity index (χ1) is 23.0. The summed E-state index contributed by atoms with van der Waals surface area (Å²) in [5, 5.41) is 13.7. The first-order valence-electron chi connectivity index (χ1n) is 18.3. The van der Waals surface area contributed by atoms with Gasteiger partial charge < -0.3 is 19.8 Å². The molecule has 3 atom stereocenters. The lowest BCUT2D eigenvalue weighted by molar-refractivity contribution is -0.870. The van der Waals surface area contributed by atoms with E-state index < -0.39 is 20.0 Å². The van der Waals surface area contributed by atoms with Crippen molar-refractivity contribution in [3.8, 4) is 0 Å². The summed E-state index contributed by atoms with van der Waals surface area (Å²) < 4.78 is 23.4. The summed E-state index contributed by atoms with van der Waals surface area (Å²) in [7, 11) is 1.51. The standard InChI is InChI=1S/C39H69N2O6P/c1-6-8-10-12-14-16-18-19-20-21-23-25-27-29-31-33-39(43)40-37(36-47-48(44,45)46-35-34-41(3,4)5)38(42)32-30-28-26-24-22-17-15-13-11-9-7-2/h8,10,14,16,19-20,22-25,30,32,37-38,42H,6-7,9,11-13,15,17-18,21,26-29,31,33-36H2,1-5H3,(H-,40,43,44,45)/p+1/b10-8-,16-14-,20-19-,24-22+,25-23-,32-30+. The van der Waals surface area contributed by atoms with E-state index in [1.54, 1.807) is 6.08 Å². The summed E-state index contributed by atoms with van der Waals surface area (Å²) in [6.07, 6.45) is 39.8. The van der Waals surface area contributed by atoms with Crippen LogP contribution in [-0.4, -0.2) is 73.4 Å². The molecule has 0 aromatic rings. The number of unbranched alkanes of at least 4 members (excludes halogenated alkanes) is 8. The maximum atomic E-state index is 12.7. The smallest absolute Gasteiger partial charge is 0.387 e. The second kappa shape index (κ2) is 31.0. The van der Waals surface area contributed by atoms with Gasteiger partial charge in [0.2, 0.25) is 5.91 Å². The minimum atomic E-state index is -4.35. The number of amides is 1. The van der Waals surface area contributed by atoms with E-state index in [0.717, 1.165) is 57.8 Å². The molecule has 1 amide bonds. The molecule has 0 bridgehead atoms. The normalized spacial score (nSPS) is 15.6. The average Bonchev–Trinajstić information content (AvgIpc) is 3.02. The molecule has 9 heteroatoms. The SMILES string of the molecule is CC/C=C\C/C=C\C/C=C\C/C=C\CCCCC(=O)NC(COP(=O)(O)OCC[N+](C)(C)C)C(O)/C=C/CC/C=C/CCCCCCC. The van der Waals surface area contributed by atoms with E-state index in [1.807, 2.05) is 27.2 Å². The van der Waals surface area contributed by atoms with Gasteiger partial charge in [0, 0.05) is 6.42 Å². The highest BCUT2D eigenvalue weighted by Crippen LogP contribution is 2.43. The number of carbonyl (C=O) groups excluding carboxylic acids is 1. The van der Waals surface area contributed by atoms with Crippen LogP contribution in [0.3, 0.4) is 0 Å². The summed E-state index contributed by atoms with van der Waals surface area (Å²) in [4.78, 5) is 22.9. The van der Waals surface area contributed by atoms with Crippen LogP contribution in [0, 0.1) is 0 Å². The quantitative estimate of drug-likeness (QED) is 0.0289. The van der Waals surface area contributed by atoms with Gasteiger partial charge in [-0.25, -0.2) is 4.57 Å². The molecule has 0 aromatic carbocycles. The van der Waals surface area contributed by atoms with E-state index in [2.05, 4.69) is 79.9 Å². The third-order valence-electron chi connectivity index (χ3n) is 7.41. The van der Waals surface area contributed by atoms with E-state index in [4.69, 9.17) is 9.05 Å². The van der Waals surface area contributed by atoms with Crippen LogP contribution in [0.1, 0.15) is 117 Å². The summed E-state index contributed by atoms with van der Waals surface area (Å²) in [5.41, 5.74) is 0. The summed E-state index contributed by atoms with van der Waals surface area (Å²) in [6, 6.07) is -0.885. The van der Waals surface area contributed by atoms with Gasteiger partial charge in [0.1, 0.15) is 13.2 Å². The van der Waals surface area contributed by atoms with Gasteiger partial charge >= 0.3 is 7.82 Å². The van der Waals surface area contributed by atoms with Crippen LogP contribution < -0.4 is 5.32 Å². The van der Waals surface area contributed by atoms with Gasteiger partial charge in [0.15, 0.2) is 0 Å². The molecule has 0 aromatic heterocycles. The fourth-order valence-corrected chi connectivity index (χ4v) is 5.19. The lowest BCUT2D eigenvalue weighted by atomic mass is 10.1. The maximum Gasteiger partial charge on any atom is 0.472 e. The van der Waals surface area contributed by atoms with Crippen molar-refractivity contribution in [2.45, 2.75) is 129 Å². The Balaban J connectivity index is 4.70. The molecule has 48 heavy (non-hydrogen) atoms. The molecule has 0 radical (unpaired) electrons. The van der Waals surface area contributed by atoms with Crippen LogP contribution in [0.25, 0.3) is 0 Å². The van der Waals surface area contributed by atoms with Crippen molar-refractivity contribution in [2.75, 3.05) is 40.9 Å². The number of phosphoric ester groups is 1. The zero-order valence-corrected chi connectivity index (χ0v) is 31.8. The van der Waals surface area contributed by atoms with Crippen molar-refractivity contribution in [3.63, 3.8) is 0 Å². The number of rotatable bonds is 31. The zero-order chi connectivity index (χ0) is 35.8. The third kappa shape index (κ3) is 32.5. The van der Waals surface area contributed by atoms with Gasteiger partial charge in [0.05, 0.1) is 39.9 Å². The zero-order valence-electron chi connectivity index (χ0n) is 30.9. The molecule has 0 saturated carbocycles. The third-order valence-corrected chi connectivity index (χ3v) is 8.39. The summed E-state index contributed by atoms with van der Waals surface area (Å²) in [6.45, 7) is 4.57. The largest absolute Gasteiger partial charge is 0.472 e. The van der Waals surface area contributed by atoms with Gasteiger partial charge in [-0.2, -0.15) is 0 Å². The molecule has 0 fully saturated rings. The number of nitrogens with zero attached hydrogens (tertiary/aromatic N) is 1. The van der Waals surface area contributed by atoms with Crippen LogP contribution in [0.4, 0.5) is 0 Å². The highest BCUT2D eigenvalue weighted by molar-refractivity contribution is 7.47. The Bertz CT molecular complexity index is 1010. The van der Waals surface area contributed by atoms with Crippen LogP contribution in [0.15, 0.2) is 72.9 Å². The Morgan fingerprint density at radius 3 is 1.90 bits per heavy atom. The predicted molar refractivity (Wildman–Crippen MR) is 203 cm³/mol.